The van der Waals surface area contributed by atoms with Gasteiger partial charge in [-0.15, -0.1) is 0 Å². The quantitative estimate of drug-likeness (QED) is 0.734. The minimum Gasteiger partial charge on any atom is -0.346 e. The first-order chi connectivity index (χ1) is 11.6. The van der Waals surface area contributed by atoms with Crippen LogP contribution in [0.25, 0.3) is 0 Å². The fourth-order valence-electron chi connectivity index (χ4n) is 2.66. The van der Waals surface area contributed by atoms with Gasteiger partial charge in [0.2, 0.25) is 5.91 Å². The van der Waals surface area contributed by atoms with Crippen molar-refractivity contribution in [1.82, 2.24) is 4.57 Å². The Bertz CT molecular complexity index is 793. The fourth-order valence-corrected chi connectivity index (χ4v) is 2.66. The molecular weight excluding hydrogens is 303 g/mol. The lowest BCUT2D eigenvalue weighted by atomic mass is 10.0. The van der Waals surface area contributed by atoms with Crippen LogP contribution < -0.4 is 5.32 Å². The molecule has 0 spiro atoms. The van der Waals surface area contributed by atoms with Gasteiger partial charge in [-0.25, -0.2) is 4.39 Å². The van der Waals surface area contributed by atoms with Gasteiger partial charge in [-0.1, -0.05) is 29.8 Å². The number of carbonyl (C=O) groups is 1. The van der Waals surface area contributed by atoms with Crippen LogP contribution in [0.15, 0.2) is 73.1 Å². The number of hydrogen-bond acceptors (Lipinski definition) is 1. The highest BCUT2D eigenvalue weighted by Gasteiger charge is 2.17. The molecule has 3 nitrogen and oxygen atoms in total. The molecule has 0 aliphatic rings. The Morgan fingerprint density at radius 2 is 1.67 bits per heavy atom. The van der Waals surface area contributed by atoms with E-state index in [0.717, 1.165) is 5.56 Å². The first kappa shape index (κ1) is 16.0. The summed E-state index contributed by atoms with van der Waals surface area (Å²) >= 11 is 0. The zero-order valence-electron chi connectivity index (χ0n) is 13.4. The second-order valence-electron chi connectivity index (χ2n) is 5.82. The first-order valence-corrected chi connectivity index (χ1v) is 7.86. The summed E-state index contributed by atoms with van der Waals surface area (Å²) in [6.07, 6.45) is 4.21. The van der Waals surface area contributed by atoms with E-state index in [1.807, 2.05) is 60.3 Å². The number of hydrogen-bond donors (Lipinski definition) is 1. The number of carbonyl (C=O) groups excluding carboxylic acids is 1. The molecule has 0 aliphatic carbocycles. The monoisotopic (exact) mass is 322 g/mol. The fraction of sp³-hybridized carbons (Fsp3) is 0.150. The summed E-state index contributed by atoms with van der Waals surface area (Å²) in [5.74, 6) is -0.432. The van der Waals surface area contributed by atoms with Crippen LogP contribution >= 0.6 is 0 Å². The third-order valence-electron chi connectivity index (χ3n) is 3.96. The average Bonchev–Trinajstić information content (AvgIpc) is 3.10. The molecule has 0 saturated heterocycles. The van der Waals surface area contributed by atoms with Gasteiger partial charge in [0, 0.05) is 18.1 Å². The Balaban J connectivity index is 1.77. The second-order valence-corrected chi connectivity index (χ2v) is 5.82. The van der Waals surface area contributed by atoms with Gasteiger partial charge in [0.25, 0.3) is 0 Å². The predicted molar refractivity (Wildman–Crippen MR) is 93.4 cm³/mol. The maximum Gasteiger partial charge on any atom is 0.226 e. The molecule has 2 aromatic carbocycles. The van der Waals surface area contributed by atoms with Gasteiger partial charge in [0.05, 0.1) is 12.5 Å². The highest BCUT2D eigenvalue weighted by Crippen LogP contribution is 2.23. The van der Waals surface area contributed by atoms with Gasteiger partial charge in [0.1, 0.15) is 5.82 Å². The van der Waals surface area contributed by atoms with E-state index in [-0.39, 0.29) is 17.8 Å². The Morgan fingerprint density at radius 1 is 1.04 bits per heavy atom. The van der Waals surface area contributed by atoms with E-state index in [1.54, 1.807) is 12.1 Å². The van der Waals surface area contributed by atoms with Crippen molar-refractivity contribution in [2.75, 3.05) is 5.32 Å². The van der Waals surface area contributed by atoms with Crippen LogP contribution in [-0.4, -0.2) is 10.5 Å². The molecule has 0 bridgehead atoms. The van der Waals surface area contributed by atoms with E-state index in [0.29, 0.717) is 12.1 Å². The molecule has 1 atom stereocenters. The van der Waals surface area contributed by atoms with E-state index in [4.69, 9.17) is 0 Å². The molecule has 0 unspecified atom stereocenters. The topological polar surface area (TPSA) is 34.0 Å². The van der Waals surface area contributed by atoms with Crippen molar-refractivity contribution in [2.24, 2.45) is 0 Å². The highest BCUT2D eigenvalue weighted by atomic mass is 19.1. The minimum absolute atomic E-state index is 0.0824. The van der Waals surface area contributed by atoms with Crippen molar-refractivity contribution >= 4 is 11.6 Å². The third kappa shape index (κ3) is 3.90. The summed E-state index contributed by atoms with van der Waals surface area (Å²) in [6.45, 7) is 2.04. The van der Waals surface area contributed by atoms with E-state index in [9.17, 15) is 9.18 Å². The normalized spacial score (nSPS) is 11.9. The van der Waals surface area contributed by atoms with E-state index in [1.165, 1.54) is 17.7 Å². The number of halogens is 1. The molecule has 1 amide bonds. The van der Waals surface area contributed by atoms with Crippen molar-refractivity contribution < 1.29 is 9.18 Å². The molecular formula is C20H19FN2O. The smallest absolute Gasteiger partial charge is 0.226 e. The van der Waals surface area contributed by atoms with E-state index < -0.39 is 0 Å². The van der Waals surface area contributed by atoms with Gasteiger partial charge < -0.3 is 9.88 Å². The lowest BCUT2D eigenvalue weighted by Crippen LogP contribution is -2.19. The highest BCUT2D eigenvalue weighted by molar-refractivity contribution is 5.91. The van der Waals surface area contributed by atoms with Crippen molar-refractivity contribution in [3.05, 3.63) is 90.0 Å². The summed E-state index contributed by atoms with van der Waals surface area (Å²) < 4.78 is 15.0. The molecule has 0 saturated carbocycles. The number of amides is 1. The molecule has 1 N–H and O–H groups in total. The number of anilines is 1. The first-order valence-electron chi connectivity index (χ1n) is 7.86. The van der Waals surface area contributed by atoms with Gasteiger partial charge in [0.15, 0.2) is 0 Å². The summed E-state index contributed by atoms with van der Waals surface area (Å²) in [6, 6.07) is 17.8. The molecule has 1 heterocycles. The predicted octanol–water partition coefficient (Wildman–Crippen LogP) is 4.55. The number of aryl methyl sites for hydroxylation is 1. The molecule has 0 radical (unpaired) electrons. The van der Waals surface area contributed by atoms with Gasteiger partial charge in [-0.3, -0.25) is 4.79 Å². The lowest BCUT2D eigenvalue weighted by molar-refractivity contribution is -0.116. The average molecular weight is 322 g/mol. The Hall–Kier alpha value is -2.88. The van der Waals surface area contributed by atoms with Crippen molar-refractivity contribution in [3.63, 3.8) is 0 Å². The molecule has 0 aliphatic heterocycles. The van der Waals surface area contributed by atoms with Gasteiger partial charge in [-0.05, 0) is 48.9 Å². The van der Waals surface area contributed by atoms with E-state index in [2.05, 4.69) is 5.32 Å². The van der Waals surface area contributed by atoms with E-state index >= 15 is 0 Å². The second kappa shape index (κ2) is 7.13. The van der Waals surface area contributed by atoms with Crippen LogP contribution in [0.4, 0.5) is 10.1 Å². The summed E-state index contributed by atoms with van der Waals surface area (Å²) in [5.41, 5.74) is 2.85. The van der Waals surface area contributed by atoms with Crippen LogP contribution in [0.2, 0.25) is 0 Å². The Kier molecular flexibility index (Phi) is 4.75. The maximum absolute atomic E-state index is 13.0. The number of benzene rings is 2. The largest absolute Gasteiger partial charge is 0.346 e. The molecule has 4 heteroatoms. The molecule has 24 heavy (non-hydrogen) atoms. The molecule has 3 aromatic rings. The minimum atomic E-state index is -0.321. The molecule has 0 fully saturated rings. The van der Waals surface area contributed by atoms with Crippen LogP contribution in [0.3, 0.4) is 0 Å². The SMILES string of the molecule is Cc1ccc([C@H](CC(=O)Nc2ccc(F)cc2)n2cccc2)cc1. The Labute approximate surface area is 140 Å². The number of aromatic nitrogens is 1. The molecule has 3 rings (SSSR count). The molecule has 122 valence electrons. The zero-order chi connectivity index (χ0) is 16.9. The lowest BCUT2D eigenvalue weighted by Gasteiger charge is -2.19. The standard InChI is InChI=1S/C20H19FN2O/c1-15-4-6-16(7-5-15)19(23-12-2-3-13-23)14-20(24)22-18-10-8-17(21)9-11-18/h2-13,19H,14H2,1H3,(H,22,24)/t19-/m0/s1. The van der Waals surface area contributed by atoms with Crippen molar-refractivity contribution in [2.45, 2.75) is 19.4 Å². The summed E-state index contributed by atoms with van der Waals surface area (Å²) in [4.78, 5) is 12.4. The third-order valence-corrected chi connectivity index (χ3v) is 3.96. The van der Waals surface area contributed by atoms with Crippen LogP contribution in [0.5, 0.6) is 0 Å². The number of nitrogens with one attached hydrogen (secondary N) is 1. The van der Waals surface area contributed by atoms with Gasteiger partial charge in [-0.2, -0.15) is 0 Å². The number of nitrogens with zero attached hydrogens (tertiary/aromatic N) is 1. The maximum atomic E-state index is 13.0. The zero-order valence-corrected chi connectivity index (χ0v) is 13.4. The van der Waals surface area contributed by atoms with Gasteiger partial charge >= 0.3 is 0 Å². The van der Waals surface area contributed by atoms with Crippen molar-refractivity contribution in [1.29, 1.82) is 0 Å². The van der Waals surface area contributed by atoms with Crippen LogP contribution in [0, 0.1) is 12.7 Å². The van der Waals surface area contributed by atoms with Crippen LogP contribution in [-0.2, 0) is 4.79 Å². The summed E-state index contributed by atoms with van der Waals surface area (Å²) in [5, 5.41) is 2.82. The molecule has 1 aromatic heterocycles. The van der Waals surface area contributed by atoms with Crippen molar-refractivity contribution in [3.8, 4) is 0 Å². The van der Waals surface area contributed by atoms with Crippen LogP contribution in [0.1, 0.15) is 23.6 Å². The number of rotatable bonds is 5. The Morgan fingerprint density at radius 3 is 2.29 bits per heavy atom. The summed E-state index contributed by atoms with van der Waals surface area (Å²) in [7, 11) is 0.